The lowest BCUT2D eigenvalue weighted by atomic mass is 10.1. The smallest absolute Gasteiger partial charge is 0.317 e. The number of urea groups is 1. The van der Waals surface area contributed by atoms with Crippen molar-refractivity contribution in [1.82, 2.24) is 15.2 Å². The van der Waals surface area contributed by atoms with E-state index in [-0.39, 0.29) is 12.1 Å². The summed E-state index contributed by atoms with van der Waals surface area (Å²) in [6, 6.07) is 17.9. The van der Waals surface area contributed by atoms with Gasteiger partial charge < -0.3 is 24.7 Å². The number of amides is 2. The van der Waals surface area contributed by atoms with Crippen LogP contribution in [0.3, 0.4) is 0 Å². The van der Waals surface area contributed by atoms with Gasteiger partial charge in [0, 0.05) is 17.8 Å². The summed E-state index contributed by atoms with van der Waals surface area (Å²) in [6.07, 6.45) is -0.146. The fourth-order valence-electron chi connectivity index (χ4n) is 3.39. The minimum absolute atomic E-state index is 0.0788. The van der Waals surface area contributed by atoms with Crippen molar-refractivity contribution in [2.24, 2.45) is 0 Å². The Balaban J connectivity index is 1.38. The number of fused-ring (bicyclic) bond motifs is 1. The Labute approximate surface area is 158 Å². The number of benzene rings is 2. The maximum absolute atomic E-state index is 12.6. The Kier molecular flexibility index (Phi) is 4.98. The van der Waals surface area contributed by atoms with Crippen molar-refractivity contribution in [3.63, 3.8) is 0 Å². The molecule has 6 heteroatoms. The molecule has 0 spiro atoms. The lowest BCUT2D eigenvalue weighted by Crippen LogP contribution is -2.47. The average molecular weight is 365 g/mol. The van der Waals surface area contributed by atoms with Gasteiger partial charge >= 0.3 is 6.03 Å². The number of methoxy groups -OCH3 is 1. The van der Waals surface area contributed by atoms with E-state index in [1.165, 1.54) is 0 Å². The standard InChI is InChI=1S/C21H23N3O3/c1-26-18-7-4-6-16(12-18)20-14-24(9-10-27-20)21(25)22-13-17-11-15-5-2-3-8-19(15)23-17/h2-8,11-12,20,23H,9-10,13-14H2,1H3,(H,22,25)/t20-/m1/s1. The third kappa shape index (κ3) is 3.90. The molecule has 2 N–H and O–H groups in total. The molecule has 0 saturated carbocycles. The van der Waals surface area contributed by atoms with Crippen LogP contribution in [0.25, 0.3) is 10.9 Å². The topological polar surface area (TPSA) is 66.6 Å². The van der Waals surface area contributed by atoms with Gasteiger partial charge in [-0.05, 0) is 35.2 Å². The van der Waals surface area contributed by atoms with E-state index >= 15 is 0 Å². The van der Waals surface area contributed by atoms with Crippen LogP contribution in [0.1, 0.15) is 17.4 Å². The van der Waals surface area contributed by atoms with Crippen LogP contribution in [0.2, 0.25) is 0 Å². The minimum atomic E-state index is -0.146. The predicted octanol–water partition coefficient (Wildman–Crippen LogP) is 3.46. The summed E-state index contributed by atoms with van der Waals surface area (Å²) in [5.74, 6) is 0.788. The zero-order chi connectivity index (χ0) is 18.6. The molecule has 4 rings (SSSR count). The van der Waals surface area contributed by atoms with E-state index in [4.69, 9.17) is 9.47 Å². The second kappa shape index (κ2) is 7.72. The van der Waals surface area contributed by atoms with Gasteiger partial charge in [0.1, 0.15) is 11.9 Å². The fourth-order valence-corrected chi connectivity index (χ4v) is 3.39. The van der Waals surface area contributed by atoms with E-state index in [1.54, 1.807) is 12.0 Å². The maximum Gasteiger partial charge on any atom is 0.317 e. The Morgan fingerprint density at radius 3 is 3.00 bits per heavy atom. The van der Waals surface area contributed by atoms with Crippen LogP contribution >= 0.6 is 0 Å². The second-order valence-corrected chi connectivity index (χ2v) is 6.62. The van der Waals surface area contributed by atoms with Crippen molar-refractivity contribution >= 4 is 16.9 Å². The van der Waals surface area contributed by atoms with Gasteiger partial charge in [0.05, 0.1) is 26.8 Å². The average Bonchev–Trinajstić information content (AvgIpc) is 3.15. The number of H-pyrrole nitrogens is 1. The molecular weight excluding hydrogens is 342 g/mol. The number of morpholine rings is 1. The number of hydrogen-bond acceptors (Lipinski definition) is 3. The van der Waals surface area contributed by atoms with Crippen LogP contribution in [-0.4, -0.2) is 42.7 Å². The number of carbonyl (C=O) groups excluding carboxylic acids is 1. The van der Waals surface area contributed by atoms with Gasteiger partial charge in [-0.2, -0.15) is 0 Å². The number of carbonyl (C=O) groups is 1. The van der Waals surface area contributed by atoms with E-state index in [2.05, 4.69) is 22.4 Å². The van der Waals surface area contributed by atoms with Gasteiger partial charge in [-0.25, -0.2) is 4.79 Å². The fraction of sp³-hybridized carbons (Fsp3) is 0.286. The molecule has 1 aromatic heterocycles. The molecule has 27 heavy (non-hydrogen) atoms. The van der Waals surface area contributed by atoms with E-state index in [0.717, 1.165) is 27.9 Å². The number of para-hydroxylation sites is 1. The lowest BCUT2D eigenvalue weighted by Gasteiger charge is -2.33. The van der Waals surface area contributed by atoms with E-state index in [9.17, 15) is 4.79 Å². The molecule has 2 aromatic carbocycles. The highest BCUT2D eigenvalue weighted by Gasteiger charge is 2.25. The van der Waals surface area contributed by atoms with Crippen molar-refractivity contribution in [2.45, 2.75) is 12.6 Å². The first-order chi connectivity index (χ1) is 13.2. The molecule has 2 amide bonds. The molecule has 1 saturated heterocycles. The number of ether oxygens (including phenoxy) is 2. The third-order valence-electron chi connectivity index (χ3n) is 4.84. The number of aromatic nitrogens is 1. The van der Waals surface area contributed by atoms with Crippen molar-refractivity contribution in [2.75, 3.05) is 26.8 Å². The zero-order valence-corrected chi connectivity index (χ0v) is 15.3. The number of aromatic amines is 1. The van der Waals surface area contributed by atoms with Crippen LogP contribution in [0, 0.1) is 0 Å². The lowest BCUT2D eigenvalue weighted by molar-refractivity contribution is -0.0155. The number of nitrogens with one attached hydrogen (secondary N) is 2. The number of rotatable bonds is 4. The monoisotopic (exact) mass is 365 g/mol. The minimum Gasteiger partial charge on any atom is -0.497 e. The molecule has 6 nitrogen and oxygen atoms in total. The third-order valence-corrected chi connectivity index (χ3v) is 4.84. The van der Waals surface area contributed by atoms with Gasteiger partial charge in [-0.1, -0.05) is 30.3 Å². The van der Waals surface area contributed by atoms with Gasteiger partial charge in [-0.15, -0.1) is 0 Å². The molecule has 1 fully saturated rings. The summed E-state index contributed by atoms with van der Waals surface area (Å²) in [4.78, 5) is 17.7. The quantitative estimate of drug-likeness (QED) is 0.744. The first-order valence-corrected chi connectivity index (χ1v) is 9.08. The highest BCUT2D eigenvalue weighted by atomic mass is 16.5. The molecule has 0 bridgehead atoms. The van der Waals surface area contributed by atoms with Crippen molar-refractivity contribution < 1.29 is 14.3 Å². The normalized spacial score (nSPS) is 17.1. The Bertz CT molecular complexity index is 904. The number of hydrogen-bond donors (Lipinski definition) is 2. The van der Waals surface area contributed by atoms with E-state index in [0.29, 0.717) is 26.2 Å². The SMILES string of the molecule is COc1cccc([C@H]2CN(C(=O)NCc3cc4ccccc4[nH]3)CCO2)c1. The zero-order valence-electron chi connectivity index (χ0n) is 15.3. The molecule has 1 aliphatic heterocycles. The van der Waals surface area contributed by atoms with Gasteiger partial charge in [0.15, 0.2) is 0 Å². The van der Waals surface area contributed by atoms with Crippen molar-refractivity contribution in [3.8, 4) is 5.75 Å². The molecule has 0 aliphatic carbocycles. The summed E-state index contributed by atoms with van der Waals surface area (Å²) >= 11 is 0. The van der Waals surface area contributed by atoms with Crippen molar-refractivity contribution in [1.29, 1.82) is 0 Å². The summed E-state index contributed by atoms with van der Waals surface area (Å²) in [7, 11) is 1.64. The molecule has 0 radical (unpaired) electrons. The largest absolute Gasteiger partial charge is 0.497 e. The summed E-state index contributed by atoms with van der Waals surface area (Å²) in [5.41, 5.74) is 3.08. The molecule has 2 heterocycles. The maximum atomic E-state index is 12.6. The van der Waals surface area contributed by atoms with Crippen LogP contribution in [0.4, 0.5) is 4.79 Å². The van der Waals surface area contributed by atoms with Crippen molar-refractivity contribution in [3.05, 3.63) is 65.9 Å². The second-order valence-electron chi connectivity index (χ2n) is 6.62. The van der Waals surface area contributed by atoms with Crippen LogP contribution < -0.4 is 10.1 Å². The van der Waals surface area contributed by atoms with Crippen LogP contribution in [0.15, 0.2) is 54.6 Å². The Morgan fingerprint density at radius 1 is 1.26 bits per heavy atom. The predicted molar refractivity (Wildman–Crippen MR) is 104 cm³/mol. The molecule has 1 aliphatic rings. The van der Waals surface area contributed by atoms with Crippen LogP contribution in [-0.2, 0) is 11.3 Å². The highest BCUT2D eigenvalue weighted by Crippen LogP contribution is 2.25. The highest BCUT2D eigenvalue weighted by molar-refractivity contribution is 5.80. The number of nitrogens with zero attached hydrogens (tertiary/aromatic N) is 1. The summed E-state index contributed by atoms with van der Waals surface area (Å²) < 4.78 is 11.1. The summed E-state index contributed by atoms with van der Waals surface area (Å²) in [6.45, 7) is 2.08. The first kappa shape index (κ1) is 17.4. The summed E-state index contributed by atoms with van der Waals surface area (Å²) in [5, 5.41) is 4.14. The van der Waals surface area contributed by atoms with E-state index < -0.39 is 0 Å². The molecule has 3 aromatic rings. The Morgan fingerprint density at radius 2 is 2.15 bits per heavy atom. The van der Waals surface area contributed by atoms with Crippen LogP contribution in [0.5, 0.6) is 5.75 Å². The molecule has 0 unspecified atom stereocenters. The molecule has 140 valence electrons. The van der Waals surface area contributed by atoms with Gasteiger partial charge in [-0.3, -0.25) is 0 Å². The van der Waals surface area contributed by atoms with Gasteiger partial charge in [0.2, 0.25) is 0 Å². The van der Waals surface area contributed by atoms with E-state index in [1.807, 2.05) is 42.5 Å². The molecular formula is C21H23N3O3. The first-order valence-electron chi connectivity index (χ1n) is 9.08. The van der Waals surface area contributed by atoms with Gasteiger partial charge in [0.25, 0.3) is 0 Å². The molecule has 1 atom stereocenters. The Hall–Kier alpha value is -2.99.